The average molecular weight is 455 g/mol. The zero-order chi connectivity index (χ0) is 22.1. The molecule has 30 heavy (non-hydrogen) atoms. The van der Waals surface area contributed by atoms with Crippen LogP contribution in [0.3, 0.4) is 0 Å². The summed E-state index contributed by atoms with van der Waals surface area (Å²) < 4.78 is 72.4. The maximum absolute atomic E-state index is 13.0. The third kappa shape index (κ3) is 4.37. The van der Waals surface area contributed by atoms with Crippen LogP contribution in [0.25, 0.3) is 21.9 Å². The van der Waals surface area contributed by atoms with Crippen molar-refractivity contribution < 1.29 is 26.3 Å². The summed E-state index contributed by atoms with van der Waals surface area (Å²) in [6.45, 7) is 0. The molecule has 0 aliphatic carbocycles. The Morgan fingerprint density at radius 1 is 1.07 bits per heavy atom. The smallest absolute Gasteiger partial charge is 0.416 e. The third-order valence-electron chi connectivity index (χ3n) is 4.30. The van der Waals surface area contributed by atoms with Gasteiger partial charge in [0, 0.05) is 5.56 Å². The third-order valence-corrected chi connectivity index (χ3v) is 6.03. The maximum atomic E-state index is 13.0. The zero-order valence-corrected chi connectivity index (χ0v) is 17.1. The van der Waals surface area contributed by atoms with Gasteiger partial charge in [0.15, 0.2) is 5.17 Å². The minimum Gasteiger partial charge on any atom is -0.496 e. The molecule has 0 amide bonds. The largest absolute Gasteiger partial charge is 0.496 e. The SMILES string of the molecule is COc1cc(C(F)(F)F)ccc1-c1cccc2cc(S(=O)(=O)N=C(N)SN)ccc12. The van der Waals surface area contributed by atoms with Crippen molar-refractivity contribution in [3.63, 3.8) is 0 Å². The first kappa shape index (κ1) is 21.9. The van der Waals surface area contributed by atoms with Crippen LogP contribution in [0.1, 0.15) is 5.56 Å². The molecule has 11 heteroatoms. The van der Waals surface area contributed by atoms with Crippen molar-refractivity contribution in [2.75, 3.05) is 7.11 Å². The Kier molecular flexibility index (Phi) is 5.97. The van der Waals surface area contributed by atoms with E-state index in [1.165, 1.54) is 25.3 Å². The topological polar surface area (TPSA) is 108 Å². The fourth-order valence-corrected chi connectivity index (χ4v) is 4.26. The van der Waals surface area contributed by atoms with E-state index in [1.54, 1.807) is 24.3 Å². The fourth-order valence-electron chi connectivity index (χ4n) is 2.94. The first-order chi connectivity index (χ1) is 14.1. The molecule has 3 aromatic carbocycles. The van der Waals surface area contributed by atoms with Crippen molar-refractivity contribution in [2.24, 2.45) is 15.3 Å². The van der Waals surface area contributed by atoms with E-state index in [-0.39, 0.29) is 15.8 Å². The van der Waals surface area contributed by atoms with E-state index in [1.807, 2.05) is 0 Å². The molecule has 0 aliphatic heterocycles. The quantitative estimate of drug-likeness (QED) is 0.348. The average Bonchev–Trinajstić information content (AvgIpc) is 2.71. The van der Waals surface area contributed by atoms with Crippen LogP contribution in [0, 0.1) is 0 Å². The number of rotatable bonds is 4. The first-order valence-corrected chi connectivity index (χ1v) is 10.6. The predicted molar refractivity (Wildman–Crippen MR) is 112 cm³/mol. The van der Waals surface area contributed by atoms with Gasteiger partial charge < -0.3 is 10.5 Å². The van der Waals surface area contributed by atoms with Crippen molar-refractivity contribution in [1.29, 1.82) is 0 Å². The molecule has 0 atom stereocenters. The molecule has 3 aromatic rings. The molecule has 0 spiro atoms. The van der Waals surface area contributed by atoms with Crippen LogP contribution in [0.4, 0.5) is 13.2 Å². The summed E-state index contributed by atoms with van der Waals surface area (Å²) in [7, 11) is -2.78. The standard InChI is InChI=1S/C19H16F3N3O3S2/c1-28-17-10-12(19(20,21)22)5-7-16(17)15-4-2-3-11-9-13(6-8-14(11)15)30(26,27)25-18(23)29-24/h2-10H,24H2,1H3,(H2,23,25). The van der Waals surface area contributed by atoms with E-state index in [0.29, 0.717) is 33.8 Å². The number of nitrogens with two attached hydrogens (primary N) is 2. The highest BCUT2D eigenvalue weighted by molar-refractivity contribution is 8.12. The maximum Gasteiger partial charge on any atom is 0.416 e. The highest BCUT2D eigenvalue weighted by Gasteiger charge is 2.31. The van der Waals surface area contributed by atoms with E-state index < -0.39 is 21.8 Å². The lowest BCUT2D eigenvalue weighted by Gasteiger charge is -2.14. The van der Waals surface area contributed by atoms with Crippen LogP contribution in [-0.2, 0) is 16.2 Å². The molecule has 3 rings (SSSR count). The van der Waals surface area contributed by atoms with Gasteiger partial charge in [-0.05, 0) is 52.5 Å². The number of alkyl halides is 3. The van der Waals surface area contributed by atoms with Gasteiger partial charge >= 0.3 is 6.18 Å². The van der Waals surface area contributed by atoms with Gasteiger partial charge in [-0.25, -0.2) is 0 Å². The summed E-state index contributed by atoms with van der Waals surface area (Å²) in [5.41, 5.74) is 5.59. The number of sulfonamides is 1. The number of amidine groups is 1. The zero-order valence-electron chi connectivity index (χ0n) is 15.5. The van der Waals surface area contributed by atoms with Gasteiger partial charge in [-0.15, -0.1) is 4.40 Å². The molecule has 0 saturated heterocycles. The molecule has 0 aromatic heterocycles. The van der Waals surface area contributed by atoms with E-state index >= 15 is 0 Å². The van der Waals surface area contributed by atoms with Gasteiger partial charge in [0.1, 0.15) is 5.75 Å². The minimum atomic E-state index is -4.50. The number of nitrogens with zero attached hydrogens (tertiary/aromatic N) is 1. The molecule has 0 heterocycles. The van der Waals surface area contributed by atoms with E-state index in [9.17, 15) is 21.6 Å². The lowest BCUT2D eigenvalue weighted by Crippen LogP contribution is -2.12. The molecule has 6 nitrogen and oxygen atoms in total. The monoisotopic (exact) mass is 455 g/mol. The normalized spacial score (nSPS) is 12.9. The summed E-state index contributed by atoms with van der Waals surface area (Å²) >= 11 is 0.511. The van der Waals surface area contributed by atoms with Crippen LogP contribution >= 0.6 is 11.9 Å². The number of hydrogen-bond donors (Lipinski definition) is 2. The van der Waals surface area contributed by atoms with Gasteiger partial charge in [-0.2, -0.15) is 21.6 Å². The molecule has 0 fully saturated rings. The Balaban J connectivity index is 2.16. The predicted octanol–water partition coefficient (Wildman–Crippen LogP) is 4.14. The summed E-state index contributed by atoms with van der Waals surface area (Å²) in [6.07, 6.45) is -4.50. The van der Waals surface area contributed by atoms with Crippen LogP contribution in [0.2, 0.25) is 0 Å². The molecule has 0 unspecified atom stereocenters. The molecule has 0 saturated carbocycles. The Labute approximate surface area is 174 Å². The molecule has 0 radical (unpaired) electrons. The van der Waals surface area contributed by atoms with E-state index in [2.05, 4.69) is 4.40 Å². The molecule has 0 aliphatic rings. The molecule has 158 valence electrons. The van der Waals surface area contributed by atoms with Crippen molar-refractivity contribution in [1.82, 2.24) is 0 Å². The van der Waals surface area contributed by atoms with Crippen LogP contribution < -0.4 is 15.6 Å². The van der Waals surface area contributed by atoms with Crippen LogP contribution in [0.5, 0.6) is 5.75 Å². The number of benzene rings is 3. The lowest BCUT2D eigenvalue weighted by atomic mass is 9.96. The second kappa shape index (κ2) is 8.17. The highest BCUT2D eigenvalue weighted by Crippen LogP contribution is 2.39. The van der Waals surface area contributed by atoms with Crippen LogP contribution in [-0.4, -0.2) is 20.7 Å². The summed E-state index contributed by atoms with van der Waals surface area (Å²) in [6, 6.07) is 12.6. The van der Waals surface area contributed by atoms with Crippen molar-refractivity contribution in [3.8, 4) is 16.9 Å². The number of ether oxygens (including phenoxy) is 1. The Morgan fingerprint density at radius 3 is 2.43 bits per heavy atom. The number of fused-ring (bicyclic) bond motifs is 1. The second-order valence-electron chi connectivity index (χ2n) is 6.12. The summed E-state index contributed by atoms with van der Waals surface area (Å²) in [5.74, 6) is 0.0476. The van der Waals surface area contributed by atoms with Gasteiger partial charge in [0.25, 0.3) is 10.0 Å². The fraction of sp³-hybridized carbons (Fsp3) is 0.105. The minimum absolute atomic E-state index is 0.0476. The number of hydrogen-bond acceptors (Lipinski definition) is 5. The van der Waals surface area contributed by atoms with Crippen molar-refractivity contribution in [3.05, 3.63) is 60.2 Å². The molecule has 0 bridgehead atoms. The highest BCUT2D eigenvalue weighted by atomic mass is 32.2. The number of methoxy groups -OCH3 is 1. The number of halogens is 3. The molecular formula is C19H16F3N3O3S2. The summed E-state index contributed by atoms with van der Waals surface area (Å²) in [4.78, 5) is -0.0939. The Morgan fingerprint density at radius 2 is 1.80 bits per heavy atom. The van der Waals surface area contributed by atoms with Crippen LogP contribution in [0.15, 0.2) is 63.9 Å². The Bertz CT molecular complexity index is 1240. The van der Waals surface area contributed by atoms with Crippen molar-refractivity contribution >= 4 is 37.9 Å². The van der Waals surface area contributed by atoms with Gasteiger partial charge in [0.2, 0.25) is 0 Å². The Hall–Kier alpha value is -2.76. The summed E-state index contributed by atoms with van der Waals surface area (Å²) in [5, 5.41) is 6.07. The lowest BCUT2D eigenvalue weighted by molar-refractivity contribution is -0.137. The van der Waals surface area contributed by atoms with E-state index in [4.69, 9.17) is 15.6 Å². The molecular weight excluding hydrogens is 439 g/mol. The van der Waals surface area contributed by atoms with Gasteiger partial charge in [-0.1, -0.05) is 30.3 Å². The van der Waals surface area contributed by atoms with Gasteiger partial charge in [0.05, 0.1) is 17.6 Å². The van der Waals surface area contributed by atoms with Gasteiger partial charge in [-0.3, -0.25) is 5.14 Å². The second-order valence-corrected chi connectivity index (χ2v) is 8.38. The van der Waals surface area contributed by atoms with E-state index in [0.717, 1.165) is 12.1 Å². The van der Waals surface area contributed by atoms with Crippen molar-refractivity contribution in [2.45, 2.75) is 11.1 Å². The molecule has 4 N–H and O–H groups in total. The first-order valence-electron chi connectivity index (χ1n) is 8.32.